The number of carbonyl (C=O) groups excluding carboxylic acids is 1. The number of aliphatic hydroxyl groups is 1. The number of pyridine rings is 1. The molecule has 1 atom stereocenters. The molecule has 0 bridgehead atoms. The van der Waals surface area contributed by atoms with Crippen LogP contribution < -0.4 is 0 Å². The molecule has 100 valence electrons. The summed E-state index contributed by atoms with van der Waals surface area (Å²) in [6.45, 7) is 3.84. The Hall–Kier alpha value is -0.840. The van der Waals surface area contributed by atoms with Crippen LogP contribution in [0.1, 0.15) is 25.8 Å². The molecule has 1 aromatic rings. The van der Waals surface area contributed by atoms with Crippen molar-refractivity contribution in [1.29, 1.82) is 0 Å². The number of carbonyl (C=O) groups is 1. The minimum absolute atomic E-state index is 0.00987. The average molecular weight is 292 g/mol. The van der Waals surface area contributed by atoms with Gasteiger partial charge in [-0.2, -0.15) is 0 Å². The molecule has 0 aliphatic heterocycles. The van der Waals surface area contributed by atoms with Crippen molar-refractivity contribution in [3.8, 4) is 0 Å². The van der Waals surface area contributed by atoms with Gasteiger partial charge < -0.3 is 9.84 Å². The lowest BCUT2D eigenvalue weighted by Gasteiger charge is -2.12. The van der Waals surface area contributed by atoms with E-state index in [0.717, 1.165) is 0 Å². The minimum atomic E-state index is -1.10. The van der Waals surface area contributed by atoms with Crippen LogP contribution in [0.5, 0.6) is 0 Å². The first-order chi connectivity index (χ1) is 8.38. The van der Waals surface area contributed by atoms with E-state index in [0.29, 0.717) is 12.0 Å². The molecule has 0 saturated heterocycles. The molecule has 4 nitrogen and oxygen atoms in total. The number of nitrogens with zero attached hydrogens (tertiary/aromatic N) is 1. The zero-order chi connectivity index (χ0) is 13.7. The SMILES string of the molecule is CC(C)C[C@H](O)C(=O)OCc1cc(Cl)nc(Cl)c1. The van der Waals surface area contributed by atoms with Gasteiger partial charge in [0.05, 0.1) is 0 Å². The van der Waals surface area contributed by atoms with Crippen molar-refractivity contribution in [2.24, 2.45) is 5.92 Å². The quantitative estimate of drug-likeness (QED) is 0.669. The predicted molar refractivity (Wildman–Crippen MR) is 69.5 cm³/mol. The topological polar surface area (TPSA) is 59.4 Å². The molecule has 1 aromatic heterocycles. The zero-order valence-electron chi connectivity index (χ0n) is 10.2. The number of esters is 1. The molecule has 1 rings (SSSR count). The number of hydrogen-bond donors (Lipinski definition) is 1. The third-order valence-corrected chi connectivity index (χ3v) is 2.56. The van der Waals surface area contributed by atoms with Crippen molar-refractivity contribution in [2.45, 2.75) is 33.0 Å². The van der Waals surface area contributed by atoms with Gasteiger partial charge in [-0.15, -0.1) is 0 Å². The normalized spacial score (nSPS) is 12.6. The number of halogens is 2. The van der Waals surface area contributed by atoms with Gasteiger partial charge in [-0.05, 0) is 30.0 Å². The first kappa shape index (κ1) is 15.2. The van der Waals surface area contributed by atoms with Gasteiger partial charge in [-0.25, -0.2) is 9.78 Å². The number of aliphatic hydroxyl groups excluding tert-OH is 1. The maximum atomic E-state index is 11.5. The number of aromatic nitrogens is 1. The zero-order valence-corrected chi connectivity index (χ0v) is 11.7. The molecule has 1 N–H and O–H groups in total. The highest BCUT2D eigenvalue weighted by Gasteiger charge is 2.18. The summed E-state index contributed by atoms with van der Waals surface area (Å²) in [5.74, 6) is -0.426. The highest BCUT2D eigenvalue weighted by Crippen LogP contribution is 2.16. The van der Waals surface area contributed by atoms with Crippen molar-refractivity contribution in [2.75, 3.05) is 0 Å². The minimum Gasteiger partial charge on any atom is -0.459 e. The lowest BCUT2D eigenvalue weighted by atomic mass is 10.1. The van der Waals surface area contributed by atoms with Gasteiger partial charge in [0.25, 0.3) is 0 Å². The molecule has 0 unspecified atom stereocenters. The van der Waals surface area contributed by atoms with Crippen molar-refractivity contribution < 1.29 is 14.6 Å². The van der Waals surface area contributed by atoms with Crippen molar-refractivity contribution >= 4 is 29.2 Å². The van der Waals surface area contributed by atoms with E-state index in [-0.39, 0.29) is 22.8 Å². The van der Waals surface area contributed by atoms with Crippen LogP contribution in [0.2, 0.25) is 10.3 Å². The molecular formula is C12H15Cl2NO3. The van der Waals surface area contributed by atoms with Gasteiger partial charge in [0.15, 0.2) is 6.10 Å². The van der Waals surface area contributed by atoms with Crippen molar-refractivity contribution in [3.63, 3.8) is 0 Å². The van der Waals surface area contributed by atoms with Crippen LogP contribution in [0.25, 0.3) is 0 Å². The largest absolute Gasteiger partial charge is 0.459 e. The van der Waals surface area contributed by atoms with E-state index < -0.39 is 12.1 Å². The summed E-state index contributed by atoms with van der Waals surface area (Å²) < 4.78 is 4.97. The molecule has 0 aromatic carbocycles. The highest BCUT2D eigenvalue weighted by molar-refractivity contribution is 6.32. The molecule has 0 amide bonds. The fourth-order valence-electron chi connectivity index (χ4n) is 1.39. The standard InChI is InChI=1S/C12H15Cl2NO3/c1-7(2)3-9(16)12(17)18-6-8-4-10(13)15-11(14)5-8/h4-5,7,9,16H,3,6H2,1-2H3/t9-/m0/s1. The Balaban J connectivity index is 2.52. The van der Waals surface area contributed by atoms with Gasteiger partial charge in [0.2, 0.25) is 0 Å². The third-order valence-electron chi connectivity index (χ3n) is 2.17. The Bertz CT molecular complexity index is 404. The second-order valence-corrected chi connectivity index (χ2v) is 5.15. The van der Waals surface area contributed by atoms with Crippen LogP contribution in [0.4, 0.5) is 0 Å². The molecular weight excluding hydrogens is 277 g/mol. The maximum Gasteiger partial charge on any atom is 0.335 e. The summed E-state index contributed by atoms with van der Waals surface area (Å²) in [7, 11) is 0. The van der Waals surface area contributed by atoms with Crippen LogP contribution in [0.3, 0.4) is 0 Å². The molecule has 0 aliphatic carbocycles. The predicted octanol–water partition coefficient (Wildman–Crippen LogP) is 2.84. The van der Waals surface area contributed by atoms with E-state index in [2.05, 4.69) is 4.98 Å². The lowest BCUT2D eigenvalue weighted by Crippen LogP contribution is -2.24. The van der Waals surface area contributed by atoms with Crippen molar-refractivity contribution in [1.82, 2.24) is 4.98 Å². The molecule has 6 heteroatoms. The molecule has 0 fully saturated rings. The summed E-state index contributed by atoms with van der Waals surface area (Å²) in [5, 5.41) is 10.0. The summed E-state index contributed by atoms with van der Waals surface area (Å²) in [6, 6.07) is 3.10. The maximum absolute atomic E-state index is 11.5. The van der Waals surface area contributed by atoms with Gasteiger partial charge in [-0.3, -0.25) is 0 Å². The van der Waals surface area contributed by atoms with Crippen LogP contribution in [0.15, 0.2) is 12.1 Å². The Labute approximate surface area is 116 Å². The molecule has 1 heterocycles. The van der Waals surface area contributed by atoms with E-state index in [9.17, 15) is 9.90 Å². The first-order valence-corrected chi connectivity index (χ1v) is 6.30. The fraction of sp³-hybridized carbons (Fsp3) is 0.500. The molecule has 0 aliphatic rings. The molecule has 0 radical (unpaired) electrons. The van der Waals surface area contributed by atoms with Crippen LogP contribution in [0, 0.1) is 5.92 Å². The Kier molecular flexibility index (Phi) is 5.85. The van der Waals surface area contributed by atoms with Gasteiger partial charge in [-0.1, -0.05) is 37.0 Å². The molecule has 18 heavy (non-hydrogen) atoms. The Morgan fingerprint density at radius 2 is 1.94 bits per heavy atom. The second-order valence-electron chi connectivity index (χ2n) is 4.37. The second kappa shape index (κ2) is 6.92. The van der Waals surface area contributed by atoms with E-state index in [4.69, 9.17) is 27.9 Å². The highest BCUT2D eigenvalue weighted by atomic mass is 35.5. The number of rotatable bonds is 5. The van der Waals surface area contributed by atoms with Crippen LogP contribution >= 0.6 is 23.2 Å². The number of ether oxygens (including phenoxy) is 1. The van der Waals surface area contributed by atoms with Gasteiger partial charge in [0.1, 0.15) is 16.9 Å². The fourth-order valence-corrected chi connectivity index (χ4v) is 1.90. The third kappa shape index (κ3) is 5.21. The van der Waals surface area contributed by atoms with Gasteiger partial charge >= 0.3 is 5.97 Å². The average Bonchev–Trinajstić information content (AvgIpc) is 2.23. The summed E-state index contributed by atoms with van der Waals surface area (Å²) in [4.78, 5) is 15.2. The van der Waals surface area contributed by atoms with E-state index >= 15 is 0 Å². The van der Waals surface area contributed by atoms with E-state index in [1.807, 2.05) is 13.8 Å². The molecule has 0 spiro atoms. The Morgan fingerprint density at radius 1 is 1.39 bits per heavy atom. The summed E-state index contributed by atoms with van der Waals surface area (Å²) in [5.41, 5.74) is 0.630. The van der Waals surface area contributed by atoms with E-state index in [1.54, 1.807) is 12.1 Å². The Morgan fingerprint density at radius 3 is 2.44 bits per heavy atom. The van der Waals surface area contributed by atoms with Crippen LogP contribution in [-0.4, -0.2) is 22.2 Å². The van der Waals surface area contributed by atoms with E-state index in [1.165, 1.54) is 0 Å². The van der Waals surface area contributed by atoms with Gasteiger partial charge in [0, 0.05) is 0 Å². The number of hydrogen-bond acceptors (Lipinski definition) is 4. The monoisotopic (exact) mass is 291 g/mol. The summed E-state index contributed by atoms with van der Waals surface area (Å²) in [6.07, 6.45) is -0.728. The van der Waals surface area contributed by atoms with Crippen LogP contribution in [-0.2, 0) is 16.1 Å². The first-order valence-electron chi connectivity index (χ1n) is 5.55. The van der Waals surface area contributed by atoms with Crippen molar-refractivity contribution in [3.05, 3.63) is 28.0 Å². The smallest absolute Gasteiger partial charge is 0.335 e. The molecule has 0 saturated carbocycles. The lowest BCUT2D eigenvalue weighted by molar-refractivity contribution is -0.155. The summed E-state index contributed by atoms with van der Waals surface area (Å²) >= 11 is 11.4.